The molecule has 3 rings (SSSR count). The number of amides is 1. The summed E-state index contributed by atoms with van der Waals surface area (Å²) in [5.41, 5.74) is 2.08. The molecule has 7 heteroatoms. The van der Waals surface area contributed by atoms with Crippen molar-refractivity contribution in [2.75, 3.05) is 19.6 Å². The molecular formula is C16H22N6O. The molecule has 1 unspecified atom stereocenters. The van der Waals surface area contributed by atoms with E-state index in [1.807, 2.05) is 31.2 Å². The predicted molar refractivity (Wildman–Crippen MR) is 86.6 cm³/mol. The molecule has 1 aliphatic rings. The summed E-state index contributed by atoms with van der Waals surface area (Å²) in [7, 11) is 0. The second-order valence-electron chi connectivity index (χ2n) is 6.01. The van der Waals surface area contributed by atoms with Gasteiger partial charge in [0, 0.05) is 12.1 Å². The van der Waals surface area contributed by atoms with Gasteiger partial charge in [0.2, 0.25) is 11.7 Å². The van der Waals surface area contributed by atoms with Gasteiger partial charge >= 0.3 is 0 Å². The Kier molecular flexibility index (Phi) is 4.97. The van der Waals surface area contributed by atoms with Crippen LogP contribution in [0.5, 0.6) is 0 Å². The molecule has 0 aliphatic carbocycles. The predicted octanol–water partition coefficient (Wildman–Crippen LogP) is 0.764. The van der Waals surface area contributed by atoms with Crippen LogP contribution in [-0.2, 0) is 11.3 Å². The fraction of sp³-hybridized carbons (Fsp3) is 0.500. The molecule has 1 saturated heterocycles. The normalized spacial score (nSPS) is 17.3. The number of hydrogen-bond acceptors (Lipinski definition) is 5. The molecule has 1 aliphatic heterocycles. The van der Waals surface area contributed by atoms with Gasteiger partial charge in [0.1, 0.15) is 6.54 Å². The van der Waals surface area contributed by atoms with Crippen molar-refractivity contribution in [1.82, 2.24) is 30.8 Å². The first-order valence-corrected chi connectivity index (χ1v) is 8.03. The zero-order valence-corrected chi connectivity index (χ0v) is 13.3. The summed E-state index contributed by atoms with van der Waals surface area (Å²) in [5, 5.41) is 18.5. The summed E-state index contributed by atoms with van der Waals surface area (Å²) in [6, 6.07) is 7.90. The van der Waals surface area contributed by atoms with Gasteiger partial charge in [0.05, 0.1) is 0 Å². The molecule has 0 spiro atoms. The van der Waals surface area contributed by atoms with Crippen molar-refractivity contribution >= 4 is 5.91 Å². The lowest BCUT2D eigenvalue weighted by atomic mass is 10.1. The van der Waals surface area contributed by atoms with Gasteiger partial charge in [0.25, 0.3) is 0 Å². The molecule has 0 bridgehead atoms. The Morgan fingerprint density at radius 1 is 1.39 bits per heavy atom. The zero-order valence-electron chi connectivity index (χ0n) is 13.3. The number of carbonyl (C=O) groups is 1. The fourth-order valence-corrected chi connectivity index (χ4v) is 2.69. The first-order chi connectivity index (χ1) is 11.2. The maximum absolute atomic E-state index is 11.9. The van der Waals surface area contributed by atoms with Crippen LogP contribution in [0.15, 0.2) is 24.3 Å². The number of hydrogen-bond donors (Lipinski definition) is 2. The van der Waals surface area contributed by atoms with E-state index in [0.717, 1.165) is 25.1 Å². The first kappa shape index (κ1) is 15.6. The summed E-state index contributed by atoms with van der Waals surface area (Å²) in [5.74, 6) is 1.13. The largest absolute Gasteiger partial charge is 0.354 e. The van der Waals surface area contributed by atoms with E-state index in [9.17, 15) is 4.79 Å². The third-order valence-electron chi connectivity index (χ3n) is 4.08. The van der Waals surface area contributed by atoms with Gasteiger partial charge in [-0.1, -0.05) is 29.8 Å². The van der Waals surface area contributed by atoms with Crippen molar-refractivity contribution in [1.29, 1.82) is 0 Å². The average molecular weight is 314 g/mol. The van der Waals surface area contributed by atoms with E-state index >= 15 is 0 Å². The van der Waals surface area contributed by atoms with Crippen molar-refractivity contribution in [2.24, 2.45) is 5.92 Å². The highest BCUT2D eigenvalue weighted by molar-refractivity contribution is 5.75. The summed E-state index contributed by atoms with van der Waals surface area (Å²) in [6.45, 7) is 4.97. The molecule has 23 heavy (non-hydrogen) atoms. The van der Waals surface area contributed by atoms with Gasteiger partial charge in [-0.2, -0.15) is 4.80 Å². The van der Waals surface area contributed by atoms with Crippen LogP contribution in [0, 0.1) is 12.8 Å². The highest BCUT2D eigenvalue weighted by Crippen LogP contribution is 2.14. The van der Waals surface area contributed by atoms with Gasteiger partial charge in [0.15, 0.2) is 0 Å². The van der Waals surface area contributed by atoms with E-state index < -0.39 is 0 Å². The number of aryl methyl sites for hydroxylation is 1. The summed E-state index contributed by atoms with van der Waals surface area (Å²) < 4.78 is 0. The minimum atomic E-state index is -0.0798. The van der Waals surface area contributed by atoms with E-state index in [-0.39, 0.29) is 12.5 Å². The Morgan fingerprint density at radius 2 is 2.22 bits per heavy atom. The van der Waals surface area contributed by atoms with Crippen LogP contribution in [-0.4, -0.2) is 45.7 Å². The highest BCUT2D eigenvalue weighted by Gasteiger charge is 2.14. The summed E-state index contributed by atoms with van der Waals surface area (Å²) >= 11 is 0. The Hall–Kier alpha value is -2.28. The monoisotopic (exact) mass is 314 g/mol. The first-order valence-electron chi connectivity index (χ1n) is 8.03. The quantitative estimate of drug-likeness (QED) is 0.822. The highest BCUT2D eigenvalue weighted by atomic mass is 16.2. The van der Waals surface area contributed by atoms with E-state index in [0.29, 0.717) is 18.3 Å². The minimum absolute atomic E-state index is 0.0798. The molecule has 1 fully saturated rings. The molecule has 1 amide bonds. The van der Waals surface area contributed by atoms with Gasteiger partial charge < -0.3 is 10.6 Å². The second kappa shape index (κ2) is 7.32. The topological polar surface area (TPSA) is 84.7 Å². The van der Waals surface area contributed by atoms with E-state index in [2.05, 4.69) is 26.0 Å². The lowest BCUT2D eigenvalue weighted by Gasteiger charge is -2.08. The smallest absolute Gasteiger partial charge is 0.243 e. The molecule has 1 aromatic carbocycles. The molecule has 2 heterocycles. The van der Waals surface area contributed by atoms with Crippen molar-refractivity contribution in [2.45, 2.75) is 26.3 Å². The Morgan fingerprint density at radius 3 is 2.96 bits per heavy atom. The van der Waals surface area contributed by atoms with Crippen LogP contribution >= 0.6 is 0 Å². The van der Waals surface area contributed by atoms with E-state index in [1.165, 1.54) is 16.8 Å². The van der Waals surface area contributed by atoms with Gasteiger partial charge in [-0.05, 0) is 44.0 Å². The SMILES string of the molecule is Cc1ccc(-c2nnn(CC(=O)NCCC3CCNC3)n2)cc1. The summed E-state index contributed by atoms with van der Waals surface area (Å²) in [4.78, 5) is 13.3. The van der Waals surface area contributed by atoms with Crippen LogP contribution in [0.4, 0.5) is 0 Å². The maximum Gasteiger partial charge on any atom is 0.243 e. The van der Waals surface area contributed by atoms with E-state index in [4.69, 9.17) is 0 Å². The zero-order chi connectivity index (χ0) is 16.1. The molecule has 2 N–H and O–H groups in total. The third kappa shape index (κ3) is 4.35. The van der Waals surface area contributed by atoms with E-state index in [1.54, 1.807) is 0 Å². The van der Waals surface area contributed by atoms with Crippen molar-refractivity contribution in [3.63, 3.8) is 0 Å². The van der Waals surface area contributed by atoms with Crippen molar-refractivity contribution < 1.29 is 4.79 Å². The van der Waals surface area contributed by atoms with Crippen LogP contribution in [0.1, 0.15) is 18.4 Å². The lowest BCUT2D eigenvalue weighted by Crippen LogP contribution is -2.30. The number of carbonyl (C=O) groups excluding carboxylic acids is 1. The van der Waals surface area contributed by atoms with Gasteiger partial charge in [-0.15, -0.1) is 10.2 Å². The van der Waals surface area contributed by atoms with Gasteiger partial charge in [-0.3, -0.25) is 4.79 Å². The molecule has 0 radical (unpaired) electrons. The standard InChI is InChI=1S/C16H22N6O/c1-12-2-4-14(5-3-12)16-19-21-22(20-16)11-15(23)18-9-7-13-6-8-17-10-13/h2-5,13,17H,6-11H2,1H3,(H,18,23). The van der Waals surface area contributed by atoms with Crippen molar-refractivity contribution in [3.8, 4) is 11.4 Å². The minimum Gasteiger partial charge on any atom is -0.354 e. The van der Waals surface area contributed by atoms with Crippen LogP contribution in [0.3, 0.4) is 0 Å². The number of aromatic nitrogens is 4. The average Bonchev–Trinajstić information content (AvgIpc) is 3.20. The fourth-order valence-electron chi connectivity index (χ4n) is 2.69. The number of tetrazole rings is 1. The maximum atomic E-state index is 11.9. The number of rotatable bonds is 6. The molecule has 2 aromatic rings. The molecular weight excluding hydrogens is 292 g/mol. The lowest BCUT2D eigenvalue weighted by molar-refractivity contribution is -0.122. The molecule has 7 nitrogen and oxygen atoms in total. The van der Waals surface area contributed by atoms with Crippen LogP contribution < -0.4 is 10.6 Å². The Labute approximate surface area is 135 Å². The molecule has 1 atom stereocenters. The third-order valence-corrected chi connectivity index (χ3v) is 4.08. The second-order valence-corrected chi connectivity index (χ2v) is 6.01. The van der Waals surface area contributed by atoms with Crippen molar-refractivity contribution in [3.05, 3.63) is 29.8 Å². The number of nitrogens with one attached hydrogen (secondary N) is 2. The molecule has 0 saturated carbocycles. The van der Waals surface area contributed by atoms with Crippen LogP contribution in [0.2, 0.25) is 0 Å². The number of nitrogens with zero attached hydrogens (tertiary/aromatic N) is 4. The molecule has 122 valence electrons. The van der Waals surface area contributed by atoms with Gasteiger partial charge in [-0.25, -0.2) is 0 Å². The Balaban J connectivity index is 1.48. The Bertz CT molecular complexity index is 645. The summed E-state index contributed by atoms with van der Waals surface area (Å²) in [6.07, 6.45) is 2.21. The number of benzene rings is 1. The van der Waals surface area contributed by atoms with Crippen LogP contribution in [0.25, 0.3) is 11.4 Å². The molecule has 1 aromatic heterocycles.